The number of carbonyl (C=O) groups is 1. The Balaban J connectivity index is 2.10. The smallest absolute Gasteiger partial charge is 0.231 e. The Morgan fingerprint density at radius 2 is 1.89 bits per heavy atom. The number of furan rings is 1. The molecule has 0 saturated carbocycles. The number of rotatable bonds is 2. The third-order valence-electron chi connectivity index (χ3n) is 2.82. The molecule has 3 aromatic rings. The van der Waals surface area contributed by atoms with Crippen molar-refractivity contribution >= 4 is 32.7 Å². The summed E-state index contributed by atoms with van der Waals surface area (Å²) in [4.78, 5) is 12.2. The van der Waals surface area contributed by atoms with Gasteiger partial charge in [-0.05, 0) is 30.3 Å². The van der Waals surface area contributed by atoms with E-state index in [9.17, 15) is 9.18 Å². The molecule has 0 bridgehead atoms. The average Bonchev–Trinajstić information content (AvgIpc) is 2.84. The van der Waals surface area contributed by atoms with Crippen molar-refractivity contribution in [1.82, 2.24) is 0 Å². The van der Waals surface area contributed by atoms with E-state index in [1.54, 1.807) is 18.2 Å². The van der Waals surface area contributed by atoms with E-state index >= 15 is 0 Å². The van der Waals surface area contributed by atoms with Crippen LogP contribution in [0.15, 0.2) is 57.4 Å². The number of para-hydroxylation sites is 1. The predicted octanol–water partition coefficient (Wildman–Crippen LogP) is 4.57. The molecule has 0 unspecified atom stereocenters. The lowest BCUT2D eigenvalue weighted by atomic mass is 10.1. The molecule has 0 aliphatic carbocycles. The number of halogens is 2. The first kappa shape index (κ1) is 12.1. The third-order valence-corrected chi connectivity index (χ3v) is 3.32. The maximum atomic E-state index is 13.7. The highest BCUT2D eigenvalue weighted by Gasteiger charge is 2.18. The van der Waals surface area contributed by atoms with Crippen molar-refractivity contribution in [3.63, 3.8) is 0 Å². The zero-order chi connectivity index (χ0) is 13.4. The molecule has 0 atom stereocenters. The summed E-state index contributed by atoms with van der Waals surface area (Å²) >= 11 is 3.22. The van der Waals surface area contributed by atoms with Gasteiger partial charge in [0.25, 0.3) is 0 Å². The molecule has 1 heterocycles. The van der Waals surface area contributed by atoms with Crippen molar-refractivity contribution in [3.05, 3.63) is 70.1 Å². The number of fused-ring (bicyclic) bond motifs is 1. The zero-order valence-electron chi connectivity index (χ0n) is 9.69. The predicted molar refractivity (Wildman–Crippen MR) is 73.7 cm³/mol. The monoisotopic (exact) mass is 318 g/mol. The van der Waals surface area contributed by atoms with Gasteiger partial charge in [0.15, 0.2) is 5.76 Å². The molecule has 0 fully saturated rings. The Labute approximate surface area is 117 Å². The van der Waals surface area contributed by atoms with Crippen LogP contribution >= 0.6 is 15.9 Å². The Bertz CT molecular complexity index is 744. The van der Waals surface area contributed by atoms with Crippen molar-refractivity contribution in [2.45, 2.75) is 0 Å². The van der Waals surface area contributed by atoms with Crippen LogP contribution < -0.4 is 0 Å². The minimum atomic E-state index is -0.561. The first-order valence-corrected chi connectivity index (χ1v) is 6.43. The number of ketones is 1. The number of hydrogen-bond donors (Lipinski definition) is 0. The van der Waals surface area contributed by atoms with Crippen LogP contribution in [0.4, 0.5) is 4.39 Å². The topological polar surface area (TPSA) is 30.2 Å². The molecule has 1 aromatic heterocycles. The third kappa shape index (κ3) is 2.19. The first-order chi connectivity index (χ1) is 9.15. The fourth-order valence-corrected chi connectivity index (χ4v) is 2.26. The first-order valence-electron chi connectivity index (χ1n) is 5.63. The van der Waals surface area contributed by atoms with Crippen LogP contribution in [0.25, 0.3) is 11.0 Å². The van der Waals surface area contributed by atoms with Crippen LogP contribution in [-0.2, 0) is 0 Å². The van der Waals surface area contributed by atoms with Gasteiger partial charge in [0.1, 0.15) is 11.4 Å². The van der Waals surface area contributed by atoms with Gasteiger partial charge in [0, 0.05) is 9.86 Å². The van der Waals surface area contributed by atoms with E-state index in [0.29, 0.717) is 10.1 Å². The van der Waals surface area contributed by atoms with E-state index in [0.717, 1.165) is 5.39 Å². The average molecular weight is 319 g/mol. The summed E-state index contributed by atoms with van der Waals surface area (Å²) in [5.41, 5.74) is 0.606. The van der Waals surface area contributed by atoms with Crippen LogP contribution in [0, 0.1) is 5.82 Å². The summed E-state index contributed by atoms with van der Waals surface area (Å²) in [6.07, 6.45) is 0. The lowest BCUT2D eigenvalue weighted by Gasteiger charge is -2.00. The molecule has 0 aliphatic rings. The fourth-order valence-electron chi connectivity index (χ4n) is 1.90. The van der Waals surface area contributed by atoms with Crippen molar-refractivity contribution in [3.8, 4) is 0 Å². The summed E-state index contributed by atoms with van der Waals surface area (Å²) in [6.45, 7) is 0. The van der Waals surface area contributed by atoms with E-state index < -0.39 is 11.6 Å². The van der Waals surface area contributed by atoms with Gasteiger partial charge in [-0.2, -0.15) is 0 Å². The Kier molecular flexibility index (Phi) is 2.95. The number of benzene rings is 2. The molecular formula is C15H8BrFO2. The molecule has 0 radical (unpaired) electrons. The molecule has 2 aromatic carbocycles. The molecule has 0 N–H and O–H groups in total. The van der Waals surface area contributed by atoms with E-state index in [2.05, 4.69) is 15.9 Å². The molecule has 0 saturated heterocycles. The second-order valence-electron chi connectivity index (χ2n) is 4.10. The van der Waals surface area contributed by atoms with Crippen LogP contribution in [0.5, 0.6) is 0 Å². The summed E-state index contributed by atoms with van der Waals surface area (Å²) in [6, 6.07) is 13.1. The van der Waals surface area contributed by atoms with Gasteiger partial charge in [-0.1, -0.05) is 34.1 Å². The van der Waals surface area contributed by atoms with Crippen LogP contribution in [0.2, 0.25) is 0 Å². The second kappa shape index (κ2) is 4.63. The van der Waals surface area contributed by atoms with Gasteiger partial charge in [0.05, 0.1) is 5.56 Å². The summed E-state index contributed by atoms with van der Waals surface area (Å²) < 4.78 is 19.8. The maximum Gasteiger partial charge on any atom is 0.231 e. The van der Waals surface area contributed by atoms with Crippen LogP contribution in [0.3, 0.4) is 0 Å². The summed E-state index contributed by atoms with van der Waals surface area (Å²) in [7, 11) is 0. The van der Waals surface area contributed by atoms with Gasteiger partial charge in [0.2, 0.25) is 5.78 Å². The molecule has 0 spiro atoms. The molecule has 0 aliphatic heterocycles. The van der Waals surface area contributed by atoms with Crippen molar-refractivity contribution in [2.75, 3.05) is 0 Å². The lowest BCUT2D eigenvalue weighted by Crippen LogP contribution is -2.02. The quantitative estimate of drug-likeness (QED) is 0.648. The van der Waals surface area contributed by atoms with Gasteiger partial charge >= 0.3 is 0 Å². The Morgan fingerprint density at radius 3 is 2.68 bits per heavy atom. The molecular weight excluding hydrogens is 311 g/mol. The largest absolute Gasteiger partial charge is 0.453 e. The lowest BCUT2D eigenvalue weighted by molar-refractivity contribution is 0.101. The minimum absolute atomic E-state index is 0.00608. The second-order valence-corrected chi connectivity index (χ2v) is 5.02. The summed E-state index contributed by atoms with van der Waals surface area (Å²) in [5, 5.41) is 0.821. The zero-order valence-corrected chi connectivity index (χ0v) is 11.3. The van der Waals surface area contributed by atoms with Gasteiger partial charge in [-0.15, -0.1) is 0 Å². The molecule has 94 valence electrons. The summed E-state index contributed by atoms with van der Waals surface area (Å²) in [5.74, 6) is -0.887. The SMILES string of the molecule is O=C(c1cc2ccccc2o1)c1cc(Br)ccc1F. The van der Waals surface area contributed by atoms with Crippen molar-refractivity contribution in [2.24, 2.45) is 0 Å². The van der Waals surface area contributed by atoms with Crippen molar-refractivity contribution < 1.29 is 13.6 Å². The minimum Gasteiger partial charge on any atom is -0.453 e. The number of carbonyl (C=O) groups excluding carboxylic acids is 1. The Morgan fingerprint density at radius 1 is 1.11 bits per heavy atom. The molecule has 0 amide bonds. The highest BCUT2D eigenvalue weighted by Crippen LogP contribution is 2.23. The van der Waals surface area contributed by atoms with Gasteiger partial charge in [-0.25, -0.2) is 4.39 Å². The van der Waals surface area contributed by atoms with E-state index in [4.69, 9.17) is 4.42 Å². The highest BCUT2D eigenvalue weighted by molar-refractivity contribution is 9.10. The van der Waals surface area contributed by atoms with Crippen LogP contribution in [0.1, 0.15) is 16.1 Å². The normalized spacial score (nSPS) is 10.8. The van der Waals surface area contributed by atoms with E-state index in [1.165, 1.54) is 12.1 Å². The fraction of sp³-hybridized carbons (Fsp3) is 0. The van der Waals surface area contributed by atoms with Crippen LogP contribution in [-0.4, -0.2) is 5.78 Å². The number of hydrogen-bond acceptors (Lipinski definition) is 2. The molecule has 4 heteroatoms. The van der Waals surface area contributed by atoms with E-state index in [-0.39, 0.29) is 11.3 Å². The standard InChI is InChI=1S/C15H8BrFO2/c16-10-5-6-12(17)11(8-10)15(18)14-7-9-3-1-2-4-13(9)19-14/h1-8H. The van der Waals surface area contributed by atoms with Crippen molar-refractivity contribution in [1.29, 1.82) is 0 Å². The van der Waals surface area contributed by atoms with Gasteiger partial charge in [-0.3, -0.25) is 4.79 Å². The van der Waals surface area contributed by atoms with Gasteiger partial charge < -0.3 is 4.42 Å². The van der Waals surface area contributed by atoms with E-state index in [1.807, 2.05) is 18.2 Å². The molecule has 19 heavy (non-hydrogen) atoms. The molecule has 3 rings (SSSR count). The Hall–Kier alpha value is -1.94. The highest BCUT2D eigenvalue weighted by atomic mass is 79.9. The molecule has 2 nitrogen and oxygen atoms in total. The maximum absolute atomic E-state index is 13.7.